The molecule has 23 heavy (non-hydrogen) atoms. The van der Waals surface area contributed by atoms with Gasteiger partial charge in [0.2, 0.25) is 0 Å². The molecule has 0 atom stereocenters. The van der Waals surface area contributed by atoms with Crippen molar-refractivity contribution in [2.75, 3.05) is 24.6 Å². The lowest BCUT2D eigenvalue weighted by atomic mass is 10.4. The highest BCUT2D eigenvalue weighted by atomic mass is 32.2. The van der Waals surface area contributed by atoms with Crippen molar-refractivity contribution in [3.63, 3.8) is 0 Å². The van der Waals surface area contributed by atoms with Gasteiger partial charge in [0.05, 0.1) is 46.3 Å². The van der Waals surface area contributed by atoms with E-state index < -0.39 is 14.8 Å². The van der Waals surface area contributed by atoms with Crippen molar-refractivity contribution >= 4 is 43.7 Å². The van der Waals surface area contributed by atoms with E-state index in [4.69, 9.17) is 0 Å². The average molecular weight is 372 g/mol. The highest BCUT2D eigenvalue weighted by Crippen LogP contribution is 2.34. The zero-order valence-electron chi connectivity index (χ0n) is 11.8. The van der Waals surface area contributed by atoms with Crippen LogP contribution in [-0.4, -0.2) is 54.1 Å². The largest absolute Gasteiger partial charge is 0.324 e. The first-order valence-corrected chi connectivity index (χ1v) is 10.1. The molecule has 3 rings (SSSR count). The molecule has 0 aliphatic carbocycles. The van der Waals surface area contributed by atoms with Crippen LogP contribution in [0.4, 0.5) is 5.00 Å². The van der Waals surface area contributed by atoms with Crippen molar-refractivity contribution in [1.82, 2.24) is 9.99 Å². The smallest absolute Gasteiger partial charge is 0.295 e. The van der Waals surface area contributed by atoms with Crippen LogP contribution in [-0.2, 0) is 9.84 Å². The van der Waals surface area contributed by atoms with Crippen LogP contribution in [0.15, 0.2) is 22.6 Å². The van der Waals surface area contributed by atoms with Gasteiger partial charge in [0.15, 0.2) is 9.84 Å². The molecule has 0 bridgehead atoms. The van der Waals surface area contributed by atoms with Gasteiger partial charge >= 0.3 is 5.00 Å². The second kappa shape index (κ2) is 6.34. The summed E-state index contributed by atoms with van der Waals surface area (Å²) in [5.41, 5.74) is 0.648. The van der Waals surface area contributed by atoms with Crippen LogP contribution >= 0.6 is 22.7 Å². The topological polar surface area (TPSA) is 106 Å². The molecule has 0 unspecified atom stereocenters. The van der Waals surface area contributed by atoms with Crippen molar-refractivity contribution in [1.29, 1.82) is 0 Å². The molecule has 3 heterocycles. The summed E-state index contributed by atoms with van der Waals surface area (Å²) in [4.78, 5) is 15.4. The molecule has 2 aromatic rings. The first kappa shape index (κ1) is 16.0. The Hall–Kier alpha value is -1.85. The minimum absolute atomic E-state index is 0.0833. The van der Waals surface area contributed by atoms with Crippen LogP contribution in [0.2, 0.25) is 0 Å². The van der Waals surface area contributed by atoms with Crippen LogP contribution in [0.5, 0.6) is 0 Å². The van der Waals surface area contributed by atoms with E-state index in [1.54, 1.807) is 17.3 Å². The number of rotatable bonds is 4. The van der Waals surface area contributed by atoms with Crippen molar-refractivity contribution in [3.8, 4) is 9.88 Å². The fourth-order valence-electron chi connectivity index (χ4n) is 1.96. The van der Waals surface area contributed by atoms with E-state index in [0.717, 1.165) is 16.2 Å². The number of nitrogens with zero attached hydrogens (tertiary/aromatic N) is 4. The summed E-state index contributed by atoms with van der Waals surface area (Å²) in [6, 6.07) is 3.14. The monoisotopic (exact) mass is 372 g/mol. The standard InChI is InChI=1S/C12H12N4O4S3/c17-16(18)11-2-1-10(22-11)12-14-9(8-21-12)7-13-15-3-5-23(19,20)6-4-15/h1-2,7-8H,3-6H2. The fourth-order valence-corrected chi connectivity index (χ4v) is 4.80. The van der Waals surface area contributed by atoms with Crippen LogP contribution < -0.4 is 0 Å². The Morgan fingerprint density at radius 1 is 1.35 bits per heavy atom. The number of thiazole rings is 1. The second-order valence-electron chi connectivity index (χ2n) is 4.82. The predicted octanol–water partition coefficient (Wildman–Crippen LogP) is 1.84. The number of hydrogen-bond acceptors (Lipinski definition) is 9. The predicted molar refractivity (Wildman–Crippen MR) is 89.9 cm³/mol. The maximum Gasteiger partial charge on any atom is 0.324 e. The molecule has 2 aromatic heterocycles. The van der Waals surface area contributed by atoms with E-state index in [1.165, 1.54) is 17.4 Å². The summed E-state index contributed by atoms with van der Waals surface area (Å²) < 4.78 is 22.7. The van der Waals surface area contributed by atoms with Crippen LogP contribution in [0.1, 0.15) is 5.69 Å². The van der Waals surface area contributed by atoms with Gasteiger partial charge in [-0.3, -0.25) is 15.1 Å². The van der Waals surface area contributed by atoms with Gasteiger partial charge in [-0.15, -0.1) is 11.3 Å². The van der Waals surface area contributed by atoms with Gasteiger partial charge in [0.1, 0.15) is 5.01 Å². The highest BCUT2D eigenvalue weighted by Gasteiger charge is 2.20. The molecular formula is C12H12N4O4S3. The van der Waals surface area contributed by atoms with E-state index in [0.29, 0.717) is 23.8 Å². The summed E-state index contributed by atoms with van der Waals surface area (Å²) in [7, 11) is -2.92. The molecule has 122 valence electrons. The molecule has 1 saturated heterocycles. The maximum absolute atomic E-state index is 11.3. The zero-order valence-corrected chi connectivity index (χ0v) is 14.2. The van der Waals surface area contributed by atoms with Gasteiger partial charge in [-0.2, -0.15) is 5.10 Å². The number of hydrazone groups is 1. The van der Waals surface area contributed by atoms with E-state index in [-0.39, 0.29) is 16.5 Å². The SMILES string of the molecule is O=[N+]([O-])c1ccc(-c2nc(C=NN3CCS(=O)(=O)CC3)cs2)s1. The zero-order chi connectivity index (χ0) is 16.4. The van der Waals surface area contributed by atoms with Crippen LogP contribution in [0.3, 0.4) is 0 Å². The number of hydrogen-bond donors (Lipinski definition) is 0. The minimum Gasteiger partial charge on any atom is -0.295 e. The Bertz CT molecular complexity index is 841. The maximum atomic E-state index is 11.3. The van der Waals surface area contributed by atoms with Crippen molar-refractivity contribution < 1.29 is 13.3 Å². The Kier molecular flexibility index (Phi) is 4.41. The van der Waals surface area contributed by atoms with E-state index in [1.807, 2.05) is 5.38 Å². The lowest BCUT2D eigenvalue weighted by molar-refractivity contribution is -0.380. The van der Waals surface area contributed by atoms with Gasteiger partial charge in [0.25, 0.3) is 0 Å². The summed E-state index contributed by atoms with van der Waals surface area (Å²) in [6.07, 6.45) is 1.58. The van der Waals surface area contributed by atoms with E-state index in [2.05, 4.69) is 10.1 Å². The molecule has 11 heteroatoms. The molecule has 1 aliphatic heterocycles. The second-order valence-corrected chi connectivity index (χ2v) is 9.05. The van der Waals surface area contributed by atoms with Gasteiger partial charge in [-0.25, -0.2) is 13.4 Å². The van der Waals surface area contributed by atoms with E-state index in [9.17, 15) is 18.5 Å². The molecule has 1 aliphatic rings. The quantitative estimate of drug-likeness (QED) is 0.461. The first-order valence-electron chi connectivity index (χ1n) is 6.62. The average Bonchev–Trinajstić information content (AvgIpc) is 3.15. The Morgan fingerprint density at radius 3 is 2.74 bits per heavy atom. The Labute approximate surface area is 140 Å². The normalized spacial score (nSPS) is 17.7. The van der Waals surface area contributed by atoms with Gasteiger partial charge < -0.3 is 0 Å². The molecule has 0 radical (unpaired) electrons. The molecule has 0 saturated carbocycles. The fraction of sp³-hybridized carbons (Fsp3) is 0.333. The molecule has 0 spiro atoms. The summed E-state index contributed by atoms with van der Waals surface area (Å²) in [5, 5.41) is 19.2. The van der Waals surface area contributed by atoms with Crippen LogP contribution in [0.25, 0.3) is 9.88 Å². The number of aromatic nitrogens is 1. The minimum atomic E-state index is -2.92. The lowest BCUT2D eigenvalue weighted by Crippen LogP contribution is -2.37. The third-order valence-corrected chi connectivity index (χ3v) is 6.85. The molecular weight excluding hydrogens is 360 g/mol. The van der Waals surface area contributed by atoms with Crippen LogP contribution in [0, 0.1) is 10.1 Å². The number of thiophene rings is 1. The van der Waals surface area contributed by atoms with Crippen molar-refractivity contribution in [2.24, 2.45) is 5.10 Å². The van der Waals surface area contributed by atoms with Gasteiger partial charge in [-0.1, -0.05) is 11.3 Å². The summed E-state index contributed by atoms with van der Waals surface area (Å²) in [5.74, 6) is 0.233. The molecule has 0 N–H and O–H groups in total. The number of nitro groups is 1. The Balaban J connectivity index is 1.67. The molecule has 0 amide bonds. The highest BCUT2D eigenvalue weighted by molar-refractivity contribution is 7.91. The van der Waals surface area contributed by atoms with Gasteiger partial charge in [0, 0.05) is 11.4 Å². The third kappa shape index (κ3) is 3.92. The Morgan fingerprint density at radius 2 is 2.09 bits per heavy atom. The van der Waals surface area contributed by atoms with Crippen molar-refractivity contribution in [2.45, 2.75) is 0 Å². The third-order valence-electron chi connectivity index (χ3n) is 3.18. The molecule has 0 aromatic carbocycles. The molecule has 8 nitrogen and oxygen atoms in total. The summed E-state index contributed by atoms with van der Waals surface area (Å²) >= 11 is 2.47. The van der Waals surface area contributed by atoms with E-state index >= 15 is 0 Å². The lowest BCUT2D eigenvalue weighted by Gasteiger charge is -2.23. The van der Waals surface area contributed by atoms with Gasteiger partial charge in [-0.05, 0) is 6.07 Å². The summed E-state index contributed by atoms with van der Waals surface area (Å²) in [6.45, 7) is 0.764. The number of sulfone groups is 1. The van der Waals surface area contributed by atoms with Crippen molar-refractivity contribution in [3.05, 3.63) is 33.3 Å². The molecule has 1 fully saturated rings. The first-order chi connectivity index (χ1) is 10.9.